The number of rotatable bonds is 5. The number of fused-ring (bicyclic) bond motifs is 1. The van der Waals surface area contributed by atoms with Gasteiger partial charge in [-0.25, -0.2) is 9.78 Å². The van der Waals surface area contributed by atoms with Gasteiger partial charge in [-0.15, -0.1) is 5.10 Å². The van der Waals surface area contributed by atoms with Crippen molar-refractivity contribution in [3.05, 3.63) is 42.5 Å². The van der Waals surface area contributed by atoms with Crippen LogP contribution < -0.4 is 10.6 Å². The molecule has 114 valence electrons. The minimum atomic E-state index is -0.237. The first-order valence-corrected chi connectivity index (χ1v) is 7.01. The average molecular weight is 299 g/mol. The number of nitrogens with zero attached hydrogens (tertiary/aromatic N) is 5. The third kappa shape index (κ3) is 3.05. The van der Waals surface area contributed by atoms with Gasteiger partial charge in [0.05, 0.1) is 36.6 Å². The number of urea groups is 1. The fraction of sp³-hybridized carbons (Fsp3) is 0.286. The largest absolute Gasteiger partial charge is 0.341 e. The van der Waals surface area contributed by atoms with E-state index >= 15 is 0 Å². The van der Waals surface area contributed by atoms with Gasteiger partial charge < -0.3 is 15.2 Å². The van der Waals surface area contributed by atoms with Crippen LogP contribution in [-0.2, 0) is 19.6 Å². The van der Waals surface area contributed by atoms with Gasteiger partial charge in [-0.3, -0.25) is 4.68 Å². The lowest BCUT2D eigenvalue weighted by Gasteiger charge is -2.03. The molecule has 2 heterocycles. The molecule has 3 rings (SSSR count). The van der Waals surface area contributed by atoms with Crippen LogP contribution in [-0.4, -0.2) is 37.6 Å². The van der Waals surface area contributed by atoms with Crippen molar-refractivity contribution in [2.45, 2.75) is 19.6 Å². The number of benzene rings is 1. The molecule has 0 saturated heterocycles. The summed E-state index contributed by atoms with van der Waals surface area (Å²) in [7, 11) is 1.57. The van der Waals surface area contributed by atoms with Gasteiger partial charge in [0.1, 0.15) is 5.69 Å². The van der Waals surface area contributed by atoms with Gasteiger partial charge in [0.15, 0.2) is 0 Å². The first-order chi connectivity index (χ1) is 10.8. The normalized spacial score (nSPS) is 10.8. The number of imidazole rings is 1. The van der Waals surface area contributed by atoms with Crippen molar-refractivity contribution in [2.75, 3.05) is 7.05 Å². The lowest BCUT2D eigenvalue weighted by molar-refractivity contribution is 0.242. The van der Waals surface area contributed by atoms with E-state index in [-0.39, 0.29) is 6.03 Å². The highest BCUT2D eigenvalue weighted by Gasteiger charge is 2.04. The van der Waals surface area contributed by atoms with Crippen molar-refractivity contribution in [3.63, 3.8) is 0 Å². The average Bonchev–Trinajstić information content (AvgIpc) is 3.17. The third-order valence-corrected chi connectivity index (χ3v) is 3.34. The van der Waals surface area contributed by atoms with Crippen LogP contribution in [0.4, 0.5) is 4.79 Å². The van der Waals surface area contributed by atoms with E-state index in [9.17, 15) is 4.79 Å². The summed E-state index contributed by atoms with van der Waals surface area (Å²) in [5.41, 5.74) is 2.81. The SMILES string of the molecule is CNC(=O)NCc1cn(CCn2cnc3ccccc32)nn1. The zero-order chi connectivity index (χ0) is 15.4. The topological polar surface area (TPSA) is 89.7 Å². The summed E-state index contributed by atoms with van der Waals surface area (Å²) in [4.78, 5) is 15.5. The van der Waals surface area contributed by atoms with Gasteiger partial charge in [-0.05, 0) is 12.1 Å². The molecule has 0 spiro atoms. The molecule has 22 heavy (non-hydrogen) atoms. The van der Waals surface area contributed by atoms with Crippen LogP contribution in [0.15, 0.2) is 36.8 Å². The van der Waals surface area contributed by atoms with E-state index in [1.54, 1.807) is 11.7 Å². The number of hydrogen-bond donors (Lipinski definition) is 2. The predicted octanol–water partition coefficient (Wildman–Crippen LogP) is 0.757. The molecule has 8 nitrogen and oxygen atoms in total. The third-order valence-electron chi connectivity index (χ3n) is 3.34. The number of hydrogen-bond acceptors (Lipinski definition) is 4. The van der Waals surface area contributed by atoms with Crippen molar-refractivity contribution >= 4 is 17.1 Å². The van der Waals surface area contributed by atoms with Crippen molar-refractivity contribution in [1.29, 1.82) is 0 Å². The fourth-order valence-corrected chi connectivity index (χ4v) is 2.19. The van der Waals surface area contributed by atoms with Crippen LogP contribution in [0, 0.1) is 0 Å². The van der Waals surface area contributed by atoms with E-state index in [2.05, 4.69) is 30.5 Å². The second-order valence-corrected chi connectivity index (χ2v) is 4.83. The standard InChI is InChI=1S/C14H17N7O/c1-15-14(22)16-8-11-9-21(19-18-11)7-6-20-10-17-12-4-2-3-5-13(12)20/h2-5,9-10H,6-8H2,1H3,(H2,15,16,22). The molecule has 0 bridgehead atoms. The van der Waals surface area contributed by atoms with E-state index in [1.807, 2.05) is 36.8 Å². The molecule has 3 aromatic rings. The molecule has 0 aliphatic rings. The predicted molar refractivity (Wildman–Crippen MR) is 81.1 cm³/mol. The monoisotopic (exact) mass is 299 g/mol. The van der Waals surface area contributed by atoms with Crippen LogP contribution in [0.1, 0.15) is 5.69 Å². The van der Waals surface area contributed by atoms with E-state index < -0.39 is 0 Å². The zero-order valence-corrected chi connectivity index (χ0v) is 12.2. The van der Waals surface area contributed by atoms with E-state index in [0.717, 1.165) is 23.3 Å². The summed E-state index contributed by atoms with van der Waals surface area (Å²) >= 11 is 0. The number of nitrogens with one attached hydrogen (secondary N) is 2. The maximum Gasteiger partial charge on any atom is 0.314 e. The summed E-state index contributed by atoms with van der Waals surface area (Å²) in [6, 6.07) is 7.77. The Morgan fingerprint density at radius 2 is 2.14 bits per heavy atom. The number of para-hydroxylation sites is 2. The Hall–Kier alpha value is -2.90. The number of amides is 2. The van der Waals surface area contributed by atoms with Gasteiger partial charge in [0.25, 0.3) is 0 Å². The first kappa shape index (κ1) is 14.1. The summed E-state index contributed by atoms with van der Waals surface area (Å²) in [5, 5.41) is 13.3. The number of carbonyl (C=O) groups is 1. The molecule has 0 saturated carbocycles. The Kier molecular flexibility index (Phi) is 3.99. The zero-order valence-electron chi connectivity index (χ0n) is 12.2. The first-order valence-electron chi connectivity index (χ1n) is 7.01. The van der Waals surface area contributed by atoms with Gasteiger partial charge in [0.2, 0.25) is 0 Å². The van der Waals surface area contributed by atoms with Crippen LogP contribution in [0.25, 0.3) is 11.0 Å². The molecule has 2 aromatic heterocycles. The molecular weight excluding hydrogens is 282 g/mol. The van der Waals surface area contributed by atoms with E-state index in [4.69, 9.17) is 0 Å². The highest BCUT2D eigenvalue weighted by atomic mass is 16.2. The Bertz CT molecular complexity index is 776. The van der Waals surface area contributed by atoms with Crippen molar-refractivity contribution in [2.24, 2.45) is 0 Å². The van der Waals surface area contributed by atoms with Crippen LogP contribution in [0.3, 0.4) is 0 Å². The maximum atomic E-state index is 11.1. The maximum absolute atomic E-state index is 11.1. The van der Waals surface area contributed by atoms with Crippen molar-refractivity contribution < 1.29 is 4.79 Å². The second kappa shape index (κ2) is 6.25. The van der Waals surface area contributed by atoms with Crippen LogP contribution in [0.2, 0.25) is 0 Å². The summed E-state index contributed by atoms with van der Waals surface area (Å²) < 4.78 is 3.84. The Balaban J connectivity index is 1.60. The second-order valence-electron chi connectivity index (χ2n) is 4.83. The van der Waals surface area contributed by atoms with E-state index in [0.29, 0.717) is 13.1 Å². The van der Waals surface area contributed by atoms with Crippen LogP contribution >= 0.6 is 0 Å². The lowest BCUT2D eigenvalue weighted by atomic mass is 10.3. The highest BCUT2D eigenvalue weighted by Crippen LogP contribution is 2.11. The Morgan fingerprint density at radius 3 is 3.00 bits per heavy atom. The number of aromatic nitrogens is 5. The number of aryl methyl sites for hydroxylation is 2. The summed E-state index contributed by atoms with van der Waals surface area (Å²) in [6.07, 6.45) is 3.66. The highest BCUT2D eigenvalue weighted by molar-refractivity contribution is 5.74. The van der Waals surface area contributed by atoms with Gasteiger partial charge >= 0.3 is 6.03 Å². The van der Waals surface area contributed by atoms with Crippen LogP contribution in [0.5, 0.6) is 0 Å². The summed E-state index contributed by atoms with van der Waals surface area (Å²) in [6.45, 7) is 1.80. The molecule has 2 N–H and O–H groups in total. The van der Waals surface area contributed by atoms with Crippen molar-refractivity contribution in [1.82, 2.24) is 35.2 Å². The molecule has 0 atom stereocenters. The fourth-order valence-electron chi connectivity index (χ4n) is 2.19. The molecule has 0 radical (unpaired) electrons. The minimum Gasteiger partial charge on any atom is -0.341 e. The molecule has 1 aromatic carbocycles. The Morgan fingerprint density at radius 1 is 1.27 bits per heavy atom. The lowest BCUT2D eigenvalue weighted by Crippen LogP contribution is -2.32. The molecule has 2 amide bonds. The molecule has 0 aliphatic heterocycles. The summed E-state index contributed by atoms with van der Waals surface area (Å²) in [5.74, 6) is 0. The smallest absolute Gasteiger partial charge is 0.314 e. The molecule has 8 heteroatoms. The van der Waals surface area contributed by atoms with Gasteiger partial charge in [-0.1, -0.05) is 17.3 Å². The van der Waals surface area contributed by atoms with Gasteiger partial charge in [-0.2, -0.15) is 0 Å². The Labute approximate surface area is 127 Å². The van der Waals surface area contributed by atoms with E-state index in [1.165, 1.54) is 0 Å². The quantitative estimate of drug-likeness (QED) is 0.727. The molecule has 0 unspecified atom stereocenters. The van der Waals surface area contributed by atoms with Crippen molar-refractivity contribution in [3.8, 4) is 0 Å². The number of carbonyl (C=O) groups excluding carboxylic acids is 1. The molecule has 0 fully saturated rings. The minimum absolute atomic E-state index is 0.237. The molecular formula is C14H17N7O. The van der Waals surface area contributed by atoms with Gasteiger partial charge in [0, 0.05) is 13.6 Å². The molecule has 0 aliphatic carbocycles.